The molecule has 0 saturated carbocycles. The van der Waals surface area contributed by atoms with Crippen molar-refractivity contribution in [2.75, 3.05) is 41.3 Å². The predicted octanol–water partition coefficient (Wildman–Crippen LogP) is 3.87. The number of aromatic nitrogens is 3. The third-order valence-electron chi connectivity index (χ3n) is 5.16. The van der Waals surface area contributed by atoms with Crippen LogP contribution in [0.25, 0.3) is 0 Å². The van der Waals surface area contributed by atoms with E-state index in [9.17, 15) is 0 Å². The summed E-state index contributed by atoms with van der Waals surface area (Å²) in [4.78, 5) is 9.31. The molecule has 0 amide bonds. The molecule has 0 bridgehead atoms. The molecule has 0 spiro atoms. The molecule has 0 unspecified atom stereocenters. The van der Waals surface area contributed by atoms with Gasteiger partial charge >= 0.3 is 0 Å². The van der Waals surface area contributed by atoms with Crippen molar-refractivity contribution in [3.05, 3.63) is 65.4 Å². The molecule has 0 aliphatic carbocycles. The second-order valence-electron chi connectivity index (χ2n) is 7.35. The highest BCUT2D eigenvalue weighted by Gasteiger charge is 2.20. The lowest BCUT2D eigenvalue weighted by Crippen LogP contribution is -2.47. The highest BCUT2D eigenvalue weighted by molar-refractivity contribution is 5.65. The van der Waals surface area contributed by atoms with Crippen LogP contribution in [-0.4, -0.2) is 41.4 Å². The maximum Gasteiger partial charge on any atom is 0.247 e. The Morgan fingerprint density at radius 1 is 0.857 bits per heavy atom. The number of nitrogens with zero attached hydrogens (tertiary/aromatic N) is 5. The molecule has 28 heavy (non-hydrogen) atoms. The van der Waals surface area contributed by atoms with Crippen molar-refractivity contribution >= 4 is 23.1 Å². The smallest absolute Gasteiger partial charge is 0.247 e. The van der Waals surface area contributed by atoms with E-state index in [-0.39, 0.29) is 0 Å². The highest BCUT2D eigenvalue weighted by atomic mass is 15.4. The van der Waals surface area contributed by atoms with E-state index in [4.69, 9.17) is 4.98 Å². The van der Waals surface area contributed by atoms with E-state index in [1.54, 1.807) is 6.20 Å². The third-order valence-corrected chi connectivity index (χ3v) is 5.16. The SMILES string of the molecule is Cc1cc(C)c(Nc2cnnc(N3CCN(c4ccccc4)CC3)n2)c(C)c1. The van der Waals surface area contributed by atoms with Crippen LogP contribution in [0.3, 0.4) is 0 Å². The van der Waals surface area contributed by atoms with Crippen LogP contribution in [0.2, 0.25) is 0 Å². The lowest BCUT2D eigenvalue weighted by molar-refractivity contribution is 0.635. The molecule has 3 aromatic rings. The standard InChI is InChI=1S/C22H26N6/c1-16-13-17(2)21(18(3)14-16)24-20-15-23-26-22(25-20)28-11-9-27(10-12-28)19-7-5-4-6-8-19/h4-8,13-15H,9-12H2,1-3H3,(H,24,25,26). The molecule has 1 aliphatic rings. The van der Waals surface area contributed by atoms with E-state index in [0.29, 0.717) is 5.95 Å². The Hall–Kier alpha value is -3.15. The van der Waals surface area contributed by atoms with Crippen molar-refractivity contribution in [1.29, 1.82) is 0 Å². The molecular weight excluding hydrogens is 348 g/mol. The van der Waals surface area contributed by atoms with Gasteiger partial charge in [0.05, 0.1) is 6.20 Å². The molecule has 2 heterocycles. The van der Waals surface area contributed by atoms with Crippen molar-refractivity contribution in [2.45, 2.75) is 20.8 Å². The van der Waals surface area contributed by atoms with Gasteiger partial charge in [-0.1, -0.05) is 35.9 Å². The Morgan fingerprint density at radius 2 is 1.50 bits per heavy atom. The molecule has 0 atom stereocenters. The van der Waals surface area contributed by atoms with Gasteiger partial charge in [0.1, 0.15) is 0 Å². The molecule has 1 saturated heterocycles. The summed E-state index contributed by atoms with van der Waals surface area (Å²) in [7, 11) is 0. The Bertz CT molecular complexity index is 925. The molecule has 4 rings (SSSR count). The Kier molecular flexibility index (Phi) is 5.10. The van der Waals surface area contributed by atoms with Crippen LogP contribution < -0.4 is 15.1 Å². The molecular formula is C22H26N6. The van der Waals surface area contributed by atoms with Gasteiger partial charge in [-0.05, 0) is 44.0 Å². The number of benzene rings is 2. The minimum atomic E-state index is 0.681. The maximum absolute atomic E-state index is 4.72. The summed E-state index contributed by atoms with van der Waals surface area (Å²) in [5.41, 5.74) is 6.02. The second kappa shape index (κ2) is 7.84. The number of hydrogen-bond acceptors (Lipinski definition) is 6. The number of para-hydroxylation sites is 1. The molecule has 1 aromatic heterocycles. The Balaban J connectivity index is 1.46. The van der Waals surface area contributed by atoms with Crippen LogP contribution in [0.4, 0.5) is 23.1 Å². The quantitative estimate of drug-likeness (QED) is 0.748. The van der Waals surface area contributed by atoms with Crippen LogP contribution in [0, 0.1) is 20.8 Å². The Morgan fingerprint density at radius 3 is 2.18 bits per heavy atom. The molecule has 144 valence electrons. The average Bonchev–Trinajstić information content (AvgIpc) is 2.72. The van der Waals surface area contributed by atoms with Gasteiger partial charge in [0.25, 0.3) is 0 Å². The summed E-state index contributed by atoms with van der Waals surface area (Å²) >= 11 is 0. The molecule has 6 nitrogen and oxygen atoms in total. The summed E-state index contributed by atoms with van der Waals surface area (Å²) in [6, 6.07) is 14.9. The molecule has 1 N–H and O–H groups in total. The van der Waals surface area contributed by atoms with Crippen LogP contribution >= 0.6 is 0 Å². The second-order valence-corrected chi connectivity index (χ2v) is 7.35. The van der Waals surface area contributed by atoms with Crippen molar-refractivity contribution in [2.24, 2.45) is 0 Å². The molecule has 1 aliphatic heterocycles. The van der Waals surface area contributed by atoms with E-state index in [0.717, 1.165) is 37.7 Å². The van der Waals surface area contributed by atoms with Crippen LogP contribution in [0.15, 0.2) is 48.7 Å². The van der Waals surface area contributed by atoms with Crippen LogP contribution in [0.5, 0.6) is 0 Å². The van der Waals surface area contributed by atoms with Crippen LogP contribution in [0.1, 0.15) is 16.7 Å². The molecule has 0 radical (unpaired) electrons. The lowest BCUT2D eigenvalue weighted by atomic mass is 10.1. The number of hydrogen-bond donors (Lipinski definition) is 1. The largest absolute Gasteiger partial charge is 0.368 e. The summed E-state index contributed by atoms with van der Waals surface area (Å²) in [6.45, 7) is 9.98. The summed E-state index contributed by atoms with van der Waals surface area (Å²) in [6.07, 6.45) is 1.68. The fraction of sp³-hybridized carbons (Fsp3) is 0.318. The van der Waals surface area contributed by atoms with Gasteiger partial charge in [0.2, 0.25) is 5.95 Å². The zero-order chi connectivity index (χ0) is 19.5. The van der Waals surface area contributed by atoms with E-state index in [1.165, 1.54) is 22.4 Å². The normalized spacial score (nSPS) is 14.2. The van der Waals surface area contributed by atoms with Crippen molar-refractivity contribution in [3.63, 3.8) is 0 Å². The van der Waals surface area contributed by atoms with Gasteiger partial charge < -0.3 is 15.1 Å². The van der Waals surface area contributed by atoms with Gasteiger partial charge in [-0.2, -0.15) is 10.1 Å². The Labute approximate surface area is 166 Å². The summed E-state index contributed by atoms with van der Waals surface area (Å²) < 4.78 is 0. The fourth-order valence-electron chi connectivity index (χ4n) is 3.80. The summed E-state index contributed by atoms with van der Waals surface area (Å²) in [5.74, 6) is 1.41. The van der Waals surface area contributed by atoms with Gasteiger partial charge in [-0.15, -0.1) is 5.10 Å². The first-order valence-corrected chi connectivity index (χ1v) is 9.70. The number of nitrogens with one attached hydrogen (secondary N) is 1. The number of aryl methyl sites for hydroxylation is 3. The molecule has 6 heteroatoms. The first-order valence-electron chi connectivity index (χ1n) is 9.70. The van der Waals surface area contributed by atoms with E-state index >= 15 is 0 Å². The lowest BCUT2D eigenvalue weighted by Gasteiger charge is -2.35. The first-order chi connectivity index (χ1) is 13.6. The van der Waals surface area contributed by atoms with Gasteiger partial charge in [-0.3, -0.25) is 0 Å². The van der Waals surface area contributed by atoms with Crippen LogP contribution in [-0.2, 0) is 0 Å². The van der Waals surface area contributed by atoms with Gasteiger partial charge in [0.15, 0.2) is 5.82 Å². The topological polar surface area (TPSA) is 57.2 Å². The van der Waals surface area contributed by atoms with Gasteiger partial charge in [-0.25, -0.2) is 0 Å². The van der Waals surface area contributed by atoms with E-state index in [2.05, 4.69) is 88.5 Å². The monoisotopic (exact) mass is 374 g/mol. The maximum atomic E-state index is 4.72. The number of rotatable bonds is 4. The van der Waals surface area contributed by atoms with Crippen molar-refractivity contribution < 1.29 is 0 Å². The van der Waals surface area contributed by atoms with E-state index in [1.807, 2.05) is 0 Å². The average molecular weight is 374 g/mol. The van der Waals surface area contributed by atoms with Gasteiger partial charge in [0, 0.05) is 37.6 Å². The number of piperazine rings is 1. The fourth-order valence-corrected chi connectivity index (χ4v) is 3.80. The third kappa shape index (κ3) is 3.91. The summed E-state index contributed by atoms with van der Waals surface area (Å²) in [5, 5.41) is 11.9. The van der Waals surface area contributed by atoms with Crippen molar-refractivity contribution in [3.8, 4) is 0 Å². The molecule has 2 aromatic carbocycles. The molecule has 1 fully saturated rings. The number of anilines is 4. The van der Waals surface area contributed by atoms with E-state index < -0.39 is 0 Å². The zero-order valence-corrected chi connectivity index (χ0v) is 16.7. The minimum Gasteiger partial charge on any atom is -0.368 e. The predicted molar refractivity (Wildman–Crippen MR) is 115 cm³/mol. The highest BCUT2D eigenvalue weighted by Crippen LogP contribution is 2.25. The minimum absolute atomic E-state index is 0.681. The zero-order valence-electron chi connectivity index (χ0n) is 16.7. The van der Waals surface area contributed by atoms with Crippen molar-refractivity contribution in [1.82, 2.24) is 15.2 Å². The first kappa shape index (κ1) is 18.2.